The number of rotatable bonds is 5. The second-order valence-corrected chi connectivity index (χ2v) is 5.15. The number of carbonyl (C=O) groups is 2. The van der Waals surface area contributed by atoms with Crippen molar-refractivity contribution in [2.75, 3.05) is 19.0 Å². The van der Waals surface area contributed by atoms with Crippen LogP contribution in [0.15, 0.2) is 18.2 Å². The smallest absolute Gasteiger partial charge is 0.243 e. The zero-order valence-electron chi connectivity index (χ0n) is 11.2. The lowest BCUT2D eigenvalue weighted by Gasteiger charge is -2.23. The molecule has 6 heteroatoms. The minimum absolute atomic E-state index is 0.0288. The van der Waals surface area contributed by atoms with Gasteiger partial charge in [-0.2, -0.15) is 0 Å². The Kier molecular flexibility index (Phi) is 4.84. The summed E-state index contributed by atoms with van der Waals surface area (Å²) in [7, 11) is 1.52. The van der Waals surface area contributed by atoms with Crippen LogP contribution in [0.5, 0.6) is 5.75 Å². The molecule has 0 unspecified atom stereocenters. The molecule has 0 aromatic heterocycles. The van der Waals surface area contributed by atoms with E-state index in [1.54, 1.807) is 18.2 Å². The lowest BCUT2D eigenvalue weighted by molar-refractivity contribution is -0.129. The van der Waals surface area contributed by atoms with Crippen LogP contribution in [0, 0.1) is 5.92 Å². The maximum Gasteiger partial charge on any atom is 0.243 e. The molecule has 1 saturated carbocycles. The fraction of sp³-hybridized carbons (Fsp3) is 0.429. The molecule has 2 rings (SSSR count). The highest BCUT2D eigenvalue weighted by atomic mass is 35.5. The third kappa shape index (κ3) is 3.63. The summed E-state index contributed by atoms with van der Waals surface area (Å²) in [6.45, 7) is -0.0288. The van der Waals surface area contributed by atoms with E-state index in [2.05, 4.69) is 10.6 Å². The van der Waals surface area contributed by atoms with Crippen LogP contribution in [0.2, 0.25) is 5.02 Å². The summed E-state index contributed by atoms with van der Waals surface area (Å²) in [6, 6.07) is 4.97. The van der Waals surface area contributed by atoms with E-state index in [0.717, 1.165) is 19.3 Å². The van der Waals surface area contributed by atoms with Crippen LogP contribution in [-0.2, 0) is 9.59 Å². The summed E-state index contributed by atoms with van der Waals surface area (Å²) in [5.74, 6) is 0.305. The summed E-state index contributed by atoms with van der Waals surface area (Å²) < 4.78 is 5.03. The van der Waals surface area contributed by atoms with Crippen LogP contribution < -0.4 is 15.4 Å². The van der Waals surface area contributed by atoms with Crippen molar-refractivity contribution in [2.24, 2.45) is 5.92 Å². The number of carbonyl (C=O) groups excluding carboxylic acids is 2. The molecule has 2 amide bonds. The summed E-state index contributed by atoms with van der Waals surface area (Å²) in [4.78, 5) is 23.3. The van der Waals surface area contributed by atoms with E-state index in [4.69, 9.17) is 16.3 Å². The van der Waals surface area contributed by atoms with Gasteiger partial charge in [0.05, 0.1) is 18.7 Å². The lowest BCUT2D eigenvalue weighted by atomic mass is 9.85. The molecule has 1 aromatic carbocycles. The molecule has 5 nitrogen and oxygen atoms in total. The molecule has 1 aromatic rings. The molecular weight excluding hydrogens is 280 g/mol. The van der Waals surface area contributed by atoms with Gasteiger partial charge in [-0.3, -0.25) is 9.59 Å². The Morgan fingerprint density at radius 3 is 2.70 bits per heavy atom. The van der Waals surface area contributed by atoms with Gasteiger partial charge in [0, 0.05) is 11.6 Å². The molecule has 1 fully saturated rings. The van der Waals surface area contributed by atoms with E-state index < -0.39 is 0 Å². The standard InChI is InChI=1S/C14H17ClN2O3/c1-20-12-6-5-10(7-11(12)15)17-13(18)8-16-14(19)9-3-2-4-9/h5-7,9H,2-4,8H2,1H3,(H,16,19)(H,17,18). The van der Waals surface area contributed by atoms with Gasteiger partial charge in [0.2, 0.25) is 11.8 Å². The van der Waals surface area contributed by atoms with Crippen molar-refractivity contribution in [3.05, 3.63) is 23.2 Å². The van der Waals surface area contributed by atoms with Crippen molar-refractivity contribution in [1.82, 2.24) is 5.32 Å². The van der Waals surface area contributed by atoms with E-state index in [1.807, 2.05) is 0 Å². The fourth-order valence-electron chi connectivity index (χ4n) is 1.93. The highest BCUT2D eigenvalue weighted by Crippen LogP contribution is 2.27. The number of methoxy groups -OCH3 is 1. The molecule has 0 saturated heterocycles. The lowest BCUT2D eigenvalue weighted by Crippen LogP contribution is -2.39. The molecular formula is C14H17ClN2O3. The summed E-state index contributed by atoms with van der Waals surface area (Å²) >= 11 is 5.96. The molecule has 1 aliphatic carbocycles. The number of hydrogen-bond donors (Lipinski definition) is 2. The van der Waals surface area contributed by atoms with Gasteiger partial charge < -0.3 is 15.4 Å². The fourth-order valence-corrected chi connectivity index (χ4v) is 2.19. The first kappa shape index (κ1) is 14.7. The summed E-state index contributed by atoms with van der Waals surface area (Å²) in [6.07, 6.45) is 2.93. The number of halogens is 1. The Morgan fingerprint density at radius 2 is 2.15 bits per heavy atom. The Morgan fingerprint density at radius 1 is 1.40 bits per heavy atom. The number of anilines is 1. The van der Waals surface area contributed by atoms with Gasteiger partial charge in [-0.1, -0.05) is 18.0 Å². The Bertz CT molecular complexity index is 515. The first-order valence-corrected chi connectivity index (χ1v) is 6.89. The minimum Gasteiger partial charge on any atom is -0.495 e. The Labute approximate surface area is 122 Å². The molecule has 0 atom stereocenters. The largest absolute Gasteiger partial charge is 0.495 e. The number of ether oxygens (including phenoxy) is 1. The minimum atomic E-state index is -0.279. The van der Waals surface area contributed by atoms with Crippen LogP contribution in [0.1, 0.15) is 19.3 Å². The van der Waals surface area contributed by atoms with Crippen molar-refractivity contribution in [3.63, 3.8) is 0 Å². The zero-order valence-corrected chi connectivity index (χ0v) is 12.0. The quantitative estimate of drug-likeness (QED) is 0.875. The normalized spacial score (nSPS) is 14.3. The van der Waals surface area contributed by atoms with Crippen molar-refractivity contribution in [1.29, 1.82) is 0 Å². The van der Waals surface area contributed by atoms with Gasteiger partial charge in [-0.05, 0) is 31.0 Å². The van der Waals surface area contributed by atoms with E-state index >= 15 is 0 Å². The van der Waals surface area contributed by atoms with Gasteiger partial charge in [0.25, 0.3) is 0 Å². The van der Waals surface area contributed by atoms with Crippen LogP contribution >= 0.6 is 11.6 Å². The Balaban J connectivity index is 1.81. The van der Waals surface area contributed by atoms with E-state index in [9.17, 15) is 9.59 Å². The summed E-state index contributed by atoms with van der Waals surface area (Å²) in [5, 5.41) is 5.72. The molecule has 108 valence electrons. The number of amides is 2. The van der Waals surface area contributed by atoms with Crippen molar-refractivity contribution < 1.29 is 14.3 Å². The molecule has 0 aliphatic heterocycles. The maximum absolute atomic E-state index is 11.7. The van der Waals surface area contributed by atoms with Crippen molar-refractivity contribution in [2.45, 2.75) is 19.3 Å². The summed E-state index contributed by atoms with van der Waals surface area (Å²) in [5.41, 5.74) is 0.568. The van der Waals surface area contributed by atoms with Crippen molar-refractivity contribution >= 4 is 29.1 Å². The predicted octanol–water partition coefficient (Wildman–Crippen LogP) is 2.20. The average Bonchev–Trinajstić information content (AvgIpc) is 2.34. The monoisotopic (exact) mass is 296 g/mol. The maximum atomic E-state index is 11.7. The van der Waals surface area contributed by atoms with Crippen LogP contribution in [0.4, 0.5) is 5.69 Å². The molecule has 20 heavy (non-hydrogen) atoms. The SMILES string of the molecule is COc1ccc(NC(=O)CNC(=O)C2CCC2)cc1Cl. The van der Waals surface area contributed by atoms with Gasteiger partial charge in [0.1, 0.15) is 5.75 Å². The first-order chi connectivity index (χ1) is 9.60. The zero-order chi connectivity index (χ0) is 14.5. The van der Waals surface area contributed by atoms with Gasteiger partial charge >= 0.3 is 0 Å². The topological polar surface area (TPSA) is 67.4 Å². The number of benzene rings is 1. The van der Waals surface area contributed by atoms with E-state index in [1.165, 1.54) is 7.11 Å². The Hall–Kier alpha value is -1.75. The van der Waals surface area contributed by atoms with Crippen molar-refractivity contribution in [3.8, 4) is 5.75 Å². The molecule has 0 bridgehead atoms. The predicted molar refractivity (Wildman–Crippen MR) is 77.0 cm³/mol. The van der Waals surface area contributed by atoms with E-state index in [0.29, 0.717) is 16.5 Å². The van der Waals surface area contributed by atoms with Gasteiger partial charge in [-0.25, -0.2) is 0 Å². The highest BCUT2D eigenvalue weighted by Gasteiger charge is 2.25. The second-order valence-electron chi connectivity index (χ2n) is 4.74. The van der Waals surface area contributed by atoms with Crippen LogP contribution in [0.3, 0.4) is 0 Å². The van der Waals surface area contributed by atoms with Crippen LogP contribution in [-0.4, -0.2) is 25.5 Å². The molecule has 0 radical (unpaired) electrons. The number of hydrogen-bond acceptors (Lipinski definition) is 3. The van der Waals surface area contributed by atoms with E-state index in [-0.39, 0.29) is 24.3 Å². The molecule has 0 heterocycles. The highest BCUT2D eigenvalue weighted by molar-refractivity contribution is 6.32. The molecule has 0 spiro atoms. The third-order valence-electron chi connectivity index (χ3n) is 3.33. The van der Waals surface area contributed by atoms with Gasteiger partial charge in [-0.15, -0.1) is 0 Å². The third-order valence-corrected chi connectivity index (χ3v) is 3.63. The van der Waals surface area contributed by atoms with Crippen LogP contribution in [0.25, 0.3) is 0 Å². The van der Waals surface area contributed by atoms with Gasteiger partial charge in [0.15, 0.2) is 0 Å². The number of nitrogens with one attached hydrogen (secondary N) is 2. The average molecular weight is 297 g/mol. The first-order valence-electron chi connectivity index (χ1n) is 6.51. The molecule has 2 N–H and O–H groups in total. The second kappa shape index (κ2) is 6.61. The molecule has 1 aliphatic rings.